The van der Waals surface area contributed by atoms with Crippen LogP contribution in [0.5, 0.6) is 5.75 Å². The lowest BCUT2D eigenvalue weighted by atomic mass is 9.96. The predicted molar refractivity (Wildman–Crippen MR) is 136 cm³/mol. The van der Waals surface area contributed by atoms with Crippen LogP contribution in [0, 0.1) is 5.92 Å². The van der Waals surface area contributed by atoms with E-state index < -0.39 is 11.7 Å². The van der Waals surface area contributed by atoms with Gasteiger partial charge in [-0.25, -0.2) is 14.6 Å². The predicted octanol–water partition coefficient (Wildman–Crippen LogP) is 5.69. The first-order valence-electron chi connectivity index (χ1n) is 12.1. The number of rotatable bonds is 7. The molecular formula is C27H27F3N6O. The highest BCUT2D eigenvalue weighted by molar-refractivity contribution is 5.60. The summed E-state index contributed by atoms with van der Waals surface area (Å²) < 4.78 is 46.4. The molecule has 192 valence electrons. The Labute approximate surface area is 212 Å². The van der Waals surface area contributed by atoms with Crippen molar-refractivity contribution in [2.24, 2.45) is 5.92 Å². The van der Waals surface area contributed by atoms with Crippen LogP contribution in [0.4, 0.5) is 24.7 Å². The molecule has 0 atom stereocenters. The third-order valence-corrected chi connectivity index (χ3v) is 6.52. The number of halogens is 3. The van der Waals surface area contributed by atoms with Crippen LogP contribution in [0.2, 0.25) is 0 Å². The minimum atomic E-state index is -4.42. The van der Waals surface area contributed by atoms with Gasteiger partial charge in [-0.3, -0.25) is 0 Å². The molecule has 1 aliphatic rings. The molecule has 1 aliphatic heterocycles. The zero-order valence-electron chi connectivity index (χ0n) is 20.3. The van der Waals surface area contributed by atoms with E-state index in [0.29, 0.717) is 24.0 Å². The number of aromatic nitrogens is 4. The topological polar surface area (TPSA) is 68.1 Å². The molecule has 3 heterocycles. The summed E-state index contributed by atoms with van der Waals surface area (Å²) in [5, 5.41) is 7.46. The van der Waals surface area contributed by atoms with Crippen molar-refractivity contribution in [3.05, 3.63) is 78.8 Å². The summed E-state index contributed by atoms with van der Waals surface area (Å²) >= 11 is 0. The lowest BCUT2D eigenvalue weighted by Gasteiger charge is -2.33. The zero-order valence-corrected chi connectivity index (χ0v) is 20.3. The Balaban J connectivity index is 1.21. The van der Waals surface area contributed by atoms with Gasteiger partial charge in [-0.15, -0.1) is 0 Å². The molecule has 10 heteroatoms. The first-order valence-corrected chi connectivity index (χ1v) is 12.1. The Kier molecular flexibility index (Phi) is 6.98. The van der Waals surface area contributed by atoms with Gasteiger partial charge in [-0.05, 0) is 55.2 Å². The average Bonchev–Trinajstić information content (AvgIpc) is 3.47. The van der Waals surface area contributed by atoms with Gasteiger partial charge in [0, 0.05) is 55.5 Å². The van der Waals surface area contributed by atoms with Crippen molar-refractivity contribution in [2.45, 2.75) is 19.0 Å². The minimum absolute atomic E-state index is 0.182. The van der Waals surface area contributed by atoms with Crippen LogP contribution < -0.4 is 15.0 Å². The van der Waals surface area contributed by atoms with Crippen LogP contribution >= 0.6 is 0 Å². The van der Waals surface area contributed by atoms with Crippen molar-refractivity contribution >= 4 is 11.5 Å². The summed E-state index contributed by atoms with van der Waals surface area (Å²) in [4.78, 5) is 11.5. The summed E-state index contributed by atoms with van der Waals surface area (Å²) in [6.07, 6.45) is 2.77. The summed E-state index contributed by atoms with van der Waals surface area (Å²) in [5.74, 6) is 2.03. The quantitative estimate of drug-likeness (QED) is 0.346. The number of nitrogens with zero attached hydrogens (tertiary/aromatic N) is 5. The average molecular weight is 509 g/mol. The molecule has 1 fully saturated rings. The Morgan fingerprint density at radius 1 is 1.03 bits per heavy atom. The smallest absolute Gasteiger partial charge is 0.416 e. The molecule has 37 heavy (non-hydrogen) atoms. The molecule has 5 rings (SSSR count). The van der Waals surface area contributed by atoms with Gasteiger partial charge < -0.3 is 15.0 Å². The number of piperidine rings is 1. The van der Waals surface area contributed by atoms with Crippen molar-refractivity contribution in [2.75, 3.05) is 37.0 Å². The number of methoxy groups -OCH3 is 1. The van der Waals surface area contributed by atoms with E-state index in [9.17, 15) is 13.2 Å². The zero-order chi connectivity index (χ0) is 25.8. The Hall–Kier alpha value is -4.08. The number of nitrogens with one attached hydrogen (secondary N) is 1. The van der Waals surface area contributed by atoms with E-state index in [2.05, 4.69) is 20.3 Å². The highest BCUT2D eigenvalue weighted by Crippen LogP contribution is 2.34. The van der Waals surface area contributed by atoms with Gasteiger partial charge in [0.2, 0.25) is 0 Å². The molecule has 0 aliphatic carbocycles. The van der Waals surface area contributed by atoms with Crippen molar-refractivity contribution in [1.29, 1.82) is 0 Å². The van der Waals surface area contributed by atoms with Crippen LogP contribution in [-0.4, -0.2) is 46.5 Å². The van der Waals surface area contributed by atoms with Gasteiger partial charge in [0.25, 0.3) is 0 Å². The molecule has 0 saturated carbocycles. The van der Waals surface area contributed by atoms with Crippen molar-refractivity contribution < 1.29 is 17.9 Å². The van der Waals surface area contributed by atoms with Gasteiger partial charge >= 0.3 is 6.18 Å². The molecule has 2 aromatic heterocycles. The number of hydrogen-bond acceptors (Lipinski definition) is 6. The Morgan fingerprint density at radius 2 is 1.86 bits per heavy atom. The number of alkyl halides is 3. The van der Waals surface area contributed by atoms with Gasteiger partial charge in [0.05, 0.1) is 18.4 Å². The Morgan fingerprint density at radius 3 is 2.59 bits per heavy atom. The maximum Gasteiger partial charge on any atom is 0.416 e. The molecule has 1 saturated heterocycles. The number of hydrogen-bond donors (Lipinski definition) is 1. The van der Waals surface area contributed by atoms with Crippen LogP contribution in [0.15, 0.2) is 73.2 Å². The second-order valence-corrected chi connectivity index (χ2v) is 9.00. The van der Waals surface area contributed by atoms with E-state index in [-0.39, 0.29) is 5.75 Å². The van der Waals surface area contributed by atoms with Crippen LogP contribution in [0.3, 0.4) is 0 Å². The van der Waals surface area contributed by atoms with Crippen molar-refractivity contribution in [3.63, 3.8) is 0 Å². The van der Waals surface area contributed by atoms with E-state index in [0.717, 1.165) is 55.1 Å². The fourth-order valence-electron chi connectivity index (χ4n) is 4.48. The van der Waals surface area contributed by atoms with Crippen LogP contribution in [-0.2, 0) is 6.18 Å². The first kappa shape index (κ1) is 24.6. The normalized spacial score (nSPS) is 14.5. The van der Waals surface area contributed by atoms with Gasteiger partial charge in [-0.1, -0.05) is 12.1 Å². The maximum atomic E-state index is 13.2. The lowest BCUT2D eigenvalue weighted by molar-refractivity contribution is -0.137. The van der Waals surface area contributed by atoms with Crippen molar-refractivity contribution in [1.82, 2.24) is 19.7 Å². The summed E-state index contributed by atoms with van der Waals surface area (Å²) in [6, 6.07) is 15.4. The van der Waals surface area contributed by atoms with Crippen LogP contribution in [0.25, 0.3) is 17.1 Å². The summed E-state index contributed by atoms with van der Waals surface area (Å²) in [6.45, 7) is 2.21. The van der Waals surface area contributed by atoms with E-state index in [4.69, 9.17) is 9.72 Å². The SMILES string of the molecule is COc1cc(NCC2CCN(c3ccnc(-c4cccc(-n5cccn5)c4)n3)CC2)cc(C(F)(F)F)c1. The van der Waals surface area contributed by atoms with Gasteiger partial charge in [-0.2, -0.15) is 18.3 Å². The van der Waals surface area contributed by atoms with E-state index in [1.807, 2.05) is 42.6 Å². The lowest BCUT2D eigenvalue weighted by Crippen LogP contribution is -2.36. The van der Waals surface area contributed by atoms with E-state index >= 15 is 0 Å². The molecule has 0 radical (unpaired) electrons. The molecule has 2 aromatic carbocycles. The van der Waals surface area contributed by atoms with Crippen LogP contribution in [0.1, 0.15) is 18.4 Å². The molecule has 4 aromatic rings. The van der Waals surface area contributed by atoms with E-state index in [1.54, 1.807) is 23.1 Å². The van der Waals surface area contributed by atoms with Crippen molar-refractivity contribution in [3.8, 4) is 22.8 Å². The maximum absolute atomic E-state index is 13.2. The fourth-order valence-corrected chi connectivity index (χ4v) is 4.48. The second-order valence-electron chi connectivity index (χ2n) is 9.00. The second kappa shape index (κ2) is 10.5. The molecule has 1 N–H and O–H groups in total. The third-order valence-electron chi connectivity index (χ3n) is 6.52. The standard InChI is InChI=1S/C27H27F3N6O/c1-37-24-16-21(27(28,29)30)15-22(17-24)32-18-19-7-12-35(13-8-19)25-6-10-31-26(34-25)20-4-2-5-23(14-20)36-11-3-9-33-36/h2-6,9-11,14-17,19,32H,7-8,12-13,18H2,1H3. The Bertz CT molecular complexity index is 1330. The van der Waals surface area contributed by atoms with E-state index in [1.165, 1.54) is 7.11 Å². The highest BCUT2D eigenvalue weighted by Gasteiger charge is 2.31. The molecule has 7 nitrogen and oxygen atoms in total. The van der Waals surface area contributed by atoms with Gasteiger partial charge in [0.15, 0.2) is 5.82 Å². The monoisotopic (exact) mass is 508 g/mol. The summed E-state index contributed by atoms with van der Waals surface area (Å²) in [5.41, 5.74) is 1.53. The third kappa shape index (κ3) is 5.84. The minimum Gasteiger partial charge on any atom is -0.497 e. The number of anilines is 2. The van der Waals surface area contributed by atoms with Gasteiger partial charge in [0.1, 0.15) is 11.6 Å². The highest BCUT2D eigenvalue weighted by atomic mass is 19.4. The molecule has 0 bridgehead atoms. The molecule has 0 unspecified atom stereocenters. The molecule has 0 amide bonds. The largest absolute Gasteiger partial charge is 0.497 e. The number of ether oxygens (including phenoxy) is 1. The number of benzene rings is 2. The first-order chi connectivity index (χ1) is 17.9. The fraction of sp³-hybridized carbons (Fsp3) is 0.296. The molecule has 0 spiro atoms. The molecular weight excluding hydrogens is 481 g/mol. The summed E-state index contributed by atoms with van der Waals surface area (Å²) in [7, 11) is 1.36.